The van der Waals surface area contributed by atoms with Crippen LogP contribution < -0.4 is 5.32 Å². The third-order valence-corrected chi connectivity index (χ3v) is 3.68. The maximum Gasteiger partial charge on any atom is 0.322 e. The number of rotatable bonds is 4. The Morgan fingerprint density at radius 2 is 1.90 bits per heavy atom. The first-order valence-corrected chi connectivity index (χ1v) is 6.67. The maximum atomic E-state index is 12.1. The topological polar surface area (TPSA) is 105 Å². The minimum atomic E-state index is -0.960. The van der Waals surface area contributed by atoms with Crippen LogP contribution in [-0.2, 0) is 9.59 Å². The van der Waals surface area contributed by atoms with Crippen LogP contribution in [0.15, 0.2) is 16.6 Å². The fourth-order valence-corrected chi connectivity index (χ4v) is 2.36. The molecule has 1 saturated carbocycles. The van der Waals surface area contributed by atoms with E-state index in [0.717, 1.165) is 12.8 Å². The van der Waals surface area contributed by atoms with E-state index < -0.39 is 17.8 Å². The molecule has 0 aliphatic heterocycles. The SMILES string of the molecule is O=C(O)[C@H]1CC=CC[C@H]1C(=O)Nc1nnc(C2CC2)o1. The van der Waals surface area contributed by atoms with Crippen molar-refractivity contribution in [2.45, 2.75) is 31.6 Å². The van der Waals surface area contributed by atoms with Crippen molar-refractivity contribution in [1.29, 1.82) is 0 Å². The van der Waals surface area contributed by atoms with Gasteiger partial charge in [0.1, 0.15) is 0 Å². The molecular formula is C13H15N3O4. The lowest BCUT2D eigenvalue weighted by atomic mass is 9.82. The normalized spacial score (nSPS) is 25.4. The number of carbonyl (C=O) groups is 2. The Kier molecular flexibility index (Phi) is 3.25. The van der Waals surface area contributed by atoms with Gasteiger partial charge in [-0.15, -0.1) is 5.10 Å². The zero-order valence-corrected chi connectivity index (χ0v) is 10.8. The van der Waals surface area contributed by atoms with Gasteiger partial charge >= 0.3 is 12.0 Å². The first kappa shape index (κ1) is 12.8. The van der Waals surface area contributed by atoms with Gasteiger partial charge < -0.3 is 9.52 Å². The van der Waals surface area contributed by atoms with Gasteiger partial charge in [-0.1, -0.05) is 17.3 Å². The van der Waals surface area contributed by atoms with Crippen LogP contribution in [0.1, 0.15) is 37.5 Å². The minimum Gasteiger partial charge on any atom is -0.481 e. The highest BCUT2D eigenvalue weighted by atomic mass is 16.4. The van der Waals surface area contributed by atoms with Gasteiger partial charge in [0.25, 0.3) is 0 Å². The molecule has 7 nitrogen and oxygen atoms in total. The molecule has 1 aromatic rings. The van der Waals surface area contributed by atoms with Crippen LogP contribution in [0.25, 0.3) is 0 Å². The second-order valence-electron chi connectivity index (χ2n) is 5.20. The first-order chi connectivity index (χ1) is 9.65. The smallest absolute Gasteiger partial charge is 0.322 e. The van der Waals surface area contributed by atoms with E-state index in [0.29, 0.717) is 24.7 Å². The van der Waals surface area contributed by atoms with E-state index in [1.807, 2.05) is 6.08 Å². The molecule has 0 radical (unpaired) electrons. The lowest BCUT2D eigenvalue weighted by Gasteiger charge is -2.23. The molecule has 0 bridgehead atoms. The van der Waals surface area contributed by atoms with E-state index in [1.54, 1.807) is 6.08 Å². The van der Waals surface area contributed by atoms with Gasteiger partial charge in [0, 0.05) is 5.92 Å². The van der Waals surface area contributed by atoms with Gasteiger partial charge in [-0.2, -0.15) is 0 Å². The molecule has 2 aliphatic rings. The van der Waals surface area contributed by atoms with Crippen molar-refractivity contribution in [2.75, 3.05) is 5.32 Å². The lowest BCUT2D eigenvalue weighted by Crippen LogP contribution is -2.34. The van der Waals surface area contributed by atoms with Gasteiger partial charge in [-0.25, -0.2) is 0 Å². The summed E-state index contributed by atoms with van der Waals surface area (Å²) in [6, 6.07) is 0.0515. The third kappa shape index (κ3) is 2.56. The number of hydrogen-bond acceptors (Lipinski definition) is 5. The van der Waals surface area contributed by atoms with Crippen molar-refractivity contribution < 1.29 is 19.1 Å². The van der Waals surface area contributed by atoms with E-state index in [9.17, 15) is 9.59 Å². The van der Waals surface area contributed by atoms with E-state index >= 15 is 0 Å². The summed E-state index contributed by atoms with van der Waals surface area (Å²) in [5, 5.41) is 19.3. The van der Waals surface area contributed by atoms with Crippen LogP contribution >= 0.6 is 0 Å². The number of carbonyl (C=O) groups excluding carboxylic acids is 1. The lowest BCUT2D eigenvalue weighted by molar-refractivity contribution is -0.146. The van der Waals surface area contributed by atoms with Crippen LogP contribution in [0, 0.1) is 11.8 Å². The Morgan fingerprint density at radius 1 is 1.20 bits per heavy atom. The predicted octanol–water partition coefficient (Wildman–Crippen LogP) is 1.55. The minimum absolute atomic E-state index is 0.0515. The van der Waals surface area contributed by atoms with Crippen molar-refractivity contribution in [2.24, 2.45) is 11.8 Å². The van der Waals surface area contributed by atoms with Crippen LogP contribution in [0.3, 0.4) is 0 Å². The molecule has 1 fully saturated rings. The summed E-state index contributed by atoms with van der Waals surface area (Å²) in [5.74, 6) is -1.79. The Balaban J connectivity index is 1.67. The average Bonchev–Trinajstić information content (AvgIpc) is 3.19. The summed E-state index contributed by atoms with van der Waals surface area (Å²) in [4.78, 5) is 23.3. The highest BCUT2D eigenvalue weighted by molar-refractivity contribution is 5.93. The van der Waals surface area contributed by atoms with Crippen molar-refractivity contribution >= 4 is 17.9 Å². The first-order valence-electron chi connectivity index (χ1n) is 6.67. The van der Waals surface area contributed by atoms with Crippen molar-refractivity contribution in [3.63, 3.8) is 0 Å². The zero-order valence-electron chi connectivity index (χ0n) is 10.8. The number of hydrogen-bond donors (Lipinski definition) is 2. The molecule has 2 N–H and O–H groups in total. The van der Waals surface area contributed by atoms with Crippen LogP contribution in [0.2, 0.25) is 0 Å². The summed E-state index contributed by atoms with van der Waals surface area (Å²) in [6.07, 6.45) is 6.46. The second-order valence-corrected chi connectivity index (χ2v) is 5.20. The summed E-state index contributed by atoms with van der Waals surface area (Å²) in [7, 11) is 0. The number of aromatic nitrogens is 2. The summed E-state index contributed by atoms with van der Waals surface area (Å²) >= 11 is 0. The monoisotopic (exact) mass is 277 g/mol. The van der Waals surface area contributed by atoms with Crippen molar-refractivity contribution in [1.82, 2.24) is 10.2 Å². The standard InChI is InChI=1S/C13H15N3O4/c17-10(8-3-1-2-4-9(8)12(18)19)14-13-16-15-11(20-13)7-5-6-7/h1-2,7-9H,3-6H2,(H,18,19)(H,14,16,17)/t8-,9+/m1/s1. The number of aliphatic carboxylic acids is 1. The molecule has 0 saturated heterocycles. The highest BCUT2D eigenvalue weighted by Gasteiger charge is 2.35. The van der Waals surface area contributed by atoms with E-state index in [2.05, 4.69) is 15.5 Å². The van der Waals surface area contributed by atoms with E-state index in [4.69, 9.17) is 9.52 Å². The number of anilines is 1. The molecule has 1 amide bonds. The molecule has 0 aromatic carbocycles. The Hall–Kier alpha value is -2.18. The number of allylic oxidation sites excluding steroid dienone is 2. The van der Waals surface area contributed by atoms with Crippen molar-refractivity contribution in [3.8, 4) is 0 Å². The van der Waals surface area contributed by atoms with Gasteiger partial charge in [0.2, 0.25) is 11.8 Å². The van der Waals surface area contributed by atoms with E-state index in [1.165, 1.54) is 0 Å². The van der Waals surface area contributed by atoms with Crippen LogP contribution in [0.4, 0.5) is 6.01 Å². The van der Waals surface area contributed by atoms with Gasteiger partial charge in [-0.3, -0.25) is 14.9 Å². The molecule has 106 valence electrons. The molecule has 2 aliphatic carbocycles. The molecule has 3 rings (SSSR count). The Bertz CT molecular complexity index is 562. The number of nitrogens with zero attached hydrogens (tertiary/aromatic N) is 2. The molecule has 2 atom stereocenters. The quantitative estimate of drug-likeness (QED) is 0.809. The molecule has 1 aromatic heterocycles. The second kappa shape index (κ2) is 5.07. The molecule has 1 heterocycles. The van der Waals surface area contributed by atoms with Crippen LogP contribution in [-0.4, -0.2) is 27.2 Å². The molecule has 0 unspecified atom stereocenters. The molecule has 20 heavy (non-hydrogen) atoms. The number of amides is 1. The number of carboxylic acid groups (broad SMARTS) is 1. The number of nitrogens with one attached hydrogen (secondary N) is 1. The summed E-state index contributed by atoms with van der Waals surface area (Å²) < 4.78 is 5.35. The Labute approximate surface area is 115 Å². The average molecular weight is 277 g/mol. The molecular weight excluding hydrogens is 262 g/mol. The predicted molar refractivity (Wildman–Crippen MR) is 67.9 cm³/mol. The summed E-state index contributed by atoms with van der Waals surface area (Å²) in [5.41, 5.74) is 0. The van der Waals surface area contributed by atoms with Gasteiger partial charge in [0.05, 0.1) is 11.8 Å². The maximum absolute atomic E-state index is 12.1. The van der Waals surface area contributed by atoms with Crippen molar-refractivity contribution in [3.05, 3.63) is 18.0 Å². The van der Waals surface area contributed by atoms with Gasteiger partial charge in [0.15, 0.2) is 0 Å². The third-order valence-electron chi connectivity index (χ3n) is 3.68. The highest BCUT2D eigenvalue weighted by Crippen LogP contribution is 2.39. The number of carboxylic acids is 1. The zero-order chi connectivity index (χ0) is 14.1. The van der Waals surface area contributed by atoms with E-state index in [-0.39, 0.29) is 11.9 Å². The fraction of sp³-hybridized carbons (Fsp3) is 0.538. The summed E-state index contributed by atoms with van der Waals surface area (Å²) in [6.45, 7) is 0. The Morgan fingerprint density at radius 3 is 2.55 bits per heavy atom. The molecule has 0 spiro atoms. The van der Waals surface area contributed by atoms with Crippen LogP contribution in [0.5, 0.6) is 0 Å². The van der Waals surface area contributed by atoms with Gasteiger partial charge in [-0.05, 0) is 25.7 Å². The fourth-order valence-electron chi connectivity index (χ4n) is 2.36. The largest absolute Gasteiger partial charge is 0.481 e. The molecule has 7 heteroatoms.